The van der Waals surface area contributed by atoms with Gasteiger partial charge in [-0.1, -0.05) is 44.2 Å². The second-order valence-electron chi connectivity index (χ2n) is 5.37. The molecule has 1 aliphatic rings. The molecule has 3 aromatic rings. The zero-order valence-corrected chi connectivity index (χ0v) is 15.5. The highest BCUT2D eigenvalue weighted by molar-refractivity contribution is 6.00. The van der Waals surface area contributed by atoms with Crippen LogP contribution >= 0.6 is 0 Å². The molecule has 1 aliphatic heterocycles. The van der Waals surface area contributed by atoms with Crippen molar-refractivity contribution in [3.8, 4) is 11.1 Å². The third-order valence-corrected chi connectivity index (χ3v) is 3.79. The SMILES string of the molecule is C1CCOC1.CC.CNc1ncnc2oc(C)c(-c3ccccc3)c12. The van der Waals surface area contributed by atoms with Crippen molar-refractivity contribution in [1.29, 1.82) is 0 Å². The van der Waals surface area contributed by atoms with Gasteiger partial charge >= 0.3 is 0 Å². The molecule has 25 heavy (non-hydrogen) atoms. The van der Waals surface area contributed by atoms with E-state index in [-0.39, 0.29) is 0 Å². The topological polar surface area (TPSA) is 60.2 Å². The second-order valence-corrected chi connectivity index (χ2v) is 5.37. The minimum atomic E-state index is 0.616. The summed E-state index contributed by atoms with van der Waals surface area (Å²) in [6.07, 6.45) is 4.06. The Morgan fingerprint density at radius 3 is 2.24 bits per heavy atom. The number of benzene rings is 1. The predicted octanol–water partition coefficient (Wildman–Crippen LogP) is 5.06. The fraction of sp³-hybridized carbons (Fsp3) is 0.400. The van der Waals surface area contributed by atoms with Gasteiger partial charge in [-0.15, -0.1) is 0 Å². The summed E-state index contributed by atoms with van der Waals surface area (Å²) in [5.74, 6) is 1.64. The van der Waals surface area contributed by atoms with Gasteiger partial charge in [-0.25, -0.2) is 9.97 Å². The van der Waals surface area contributed by atoms with E-state index in [0.29, 0.717) is 5.71 Å². The van der Waals surface area contributed by atoms with E-state index < -0.39 is 0 Å². The van der Waals surface area contributed by atoms with Gasteiger partial charge in [0.25, 0.3) is 0 Å². The highest BCUT2D eigenvalue weighted by Crippen LogP contribution is 2.36. The van der Waals surface area contributed by atoms with E-state index in [1.54, 1.807) is 0 Å². The van der Waals surface area contributed by atoms with Crippen LogP contribution in [0.1, 0.15) is 32.4 Å². The predicted molar refractivity (Wildman–Crippen MR) is 103 cm³/mol. The van der Waals surface area contributed by atoms with E-state index in [1.165, 1.54) is 19.2 Å². The molecule has 3 heterocycles. The van der Waals surface area contributed by atoms with Gasteiger partial charge in [0.15, 0.2) is 0 Å². The maximum absolute atomic E-state index is 5.70. The Morgan fingerprint density at radius 1 is 1.00 bits per heavy atom. The molecule has 5 heteroatoms. The van der Waals surface area contributed by atoms with E-state index in [4.69, 9.17) is 9.15 Å². The summed E-state index contributed by atoms with van der Waals surface area (Å²) in [7, 11) is 1.85. The standard InChI is InChI=1S/C14H13N3O.C4H8O.C2H6/c1-9-11(10-6-4-3-5-7-10)12-13(15-2)16-8-17-14(12)18-9;1-2-4-5-3-1;1-2/h3-8H,1-2H3,(H,15,16,17);1-4H2;1-2H3. The quantitative estimate of drug-likeness (QED) is 0.705. The van der Waals surface area contributed by atoms with Crippen molar-refractivity contribution in [3.63, 3.8) is 0 Å². The summed E-state index contributed by atoms with van der Waals surface area (Å²) < 4.78 is 10.6. The Hall–Kier alpha value is -2.40. The lowest BCUT2D eigenvalue weighted by molar-refractivity contribution is 0.198. The lowest BCUT2D eigenvalue weighted by atomic mass is 10.0. The van der Waals surface area contributed by atoms with Crippen LogP contribution in [-0.4, -0.2) is 30.2 Å². The van der Waals surface area contributed by atoms with E-state index in [2.05, 4.69) is 27.4 Å². The van der Waals surface area contributed by atoms with Gasteiger partial charge in [-0.3, -0.25) is 0 Å². The molecule has 5 nitrogen and oxygen atoms in total. The lowest BCUT2D eigenvalue weighted by Crippen LogP contribution is -1.94. The first-order valence-corrected chi connectivity index (χ1v) is 8.86. The molecule has 134 valence electrons. The van der Waals surface area contributed by atoms with Crippen LogP contribution in [-0.2, 0) is 4.74 Å². The van der Waals surface area contributed by atoms with Gasteiger partial charge in [0.1, 0.15) is 17.9 Å². The van der Waals surface area contributed by atoms with Crippen LogP contribution < -0.4 is 5.32 Å². The first-order valence-electron chi connectivity index (χ1n) is 8.86. The van der Waals surface area contributed by atoms with Crippen LogP contribution in [0, 0.1) is 6.92 Å². The van der Waals surface area contributed by atoms with Gasteiger partial charge in [0, 0.05) is 25.8 Å². The zero-order chi connectivity index (χ0) is 18.1. The van der Waals surface area contributed by atoms with E-state index >= 15 is 0 Å². The third-order valence-electron chi connectivity index (χ3n) is 3.79. The maximum Gasteiger partial charge on any atom is 0.232 e. The van der Waals surface area contributed by atoms with Crippen LogP contribution in [0.5, 0.6) is 0 Å². The van der Waals surface area contributed by atoms with Crippen LogP contribution in [0.4, 0.5) is 5.82 Å². The molecule has 1 N–H and O–H groups in total. The first-order chi connectivity index (χ1) is 12.3. The van der Waals surface area contributed by atoms with Crippen LogP contribution in [0.3, 0.4) is 0 Å². The molecule has 0 unspecified atom stereocenters. The Kier molecular flexibility index (Phi) is 7.41. The van der Waals surface area contributed by atoms with Crippen molar-refractivity contribution < 1.29 is 9.15 Å². The minimum Gasteiger partial charge on any atom is -0.442 e. The average Bonchev–Trinajstić information content (AvgIpc) is 3.34. The number of fused-ring (bicyclic) bond motifs is 1. The molecule has 1 aromatic carbocycles. The second kappa shape index (κ2) is 9.79. The Balaban J connectivity index is 0.000000273. The monoisotopic (exact) mass is 341 g/mol. The molecule has 1 fully saturated rings. The average molecular weight is 341 g/mol. The lowest BCUT2D eigenvalue weighted by Gasteiger charge is -2.03. The van der Waals surface area contributed by atoms with Crippen molar-refractivity contribution in [1.82, 2.24) is 9.97 Å². The maximum atomic E-state index is 5.70. The number of nitrogens with one attached hydrogen (secondary N) is 1. The zero-order valence-electron chi connectivity index (χ0n) is 15.5. The number of ether oxygens (including phenoxy) is 1. The molecular formula is C20H27N3O2. The van der Waals surface area contributed by atoms with Crippen molar-refractivity contribution in [2.45, 2.75) is 33.6 Å². The summed E-state index contributed by atoms with van der Waals surface area (Å²) in [5.41, 5.74) is 2.78. The van der Waals surface area contributed by atoms with Gasteiger partial charge in [0.2, 0.25) is 5.71 Å². The van der Waals surface area contributed by atoms with Crippen molar-refractivity contribution in [3.05, 3.63) is 42.4 Å². The fourth-order valence-electron chi connectivity index (χ4n) is 2.70. The van der Waals surface area contributed by atoms with E-state index in [9.17, 15) is 0 Å². The molecule has 0 spiro atoms. The minimum absolute atomic E-state index is 0.616. The van der Waals surface area contributed by atoms with E-state index in [0.717, 1.165) is 41.3 Å². The number of furan rings is 1. The van der Waals surface area contributed by atoms with Crippen LogP contribution in [0.15, 0.2) is 41.1 Å². The molecule has 0 amide bonds. The number of aromatic nitrogens is 2. The molecule has 0 bridgehead atoms. The molecule has 0 saturated carbocycles. The number of nitrogens with zero attached hydrogens (tertiary/aromatic N) is 2. The molecule has 2 aromatic heterocycles. The third kappa shape index (κ3) is 4.57. The smallest absolute Gasteiger partial charge is 0.232 e. The summed E-state index contributed by atoms with van der Waals surface area (Å²) in [6, 6.07) is 10.1. The Labute approximate surface area is 149 Å². The van der Waals surface area contributed by atoms with Crippen molar-refractivity contribution in [2.24, 2.45) is 0 Å². The Bertz CT molecular complexity index is 758. The highest BCUT2D eigenvalue weighted by atomic mass is 16.5. The number of hydrogen-bond donors (Lipinski definition) is 1. The summed E-state index contributed by atoms with van der Waals surface area (Å²) in [5, 5.41) is 4.02. The van der Waals surface area contributed by atoms with Crippen LogP contribution in [0.2, 0.25) is 0 Å². The number of aryl methyl sites for hydroxylation is 1. The molecule has 0 atom stereocenters. The molecule has 1 saturated heterocycles. The molecule has 4 rings (SSSR count). The molecule has 0 aliphatic carbocycles. The van der Waals surface area contributed by atoms with Gasteiger partial charge < -0.3 is 14.5 Å². The largest absolute Gasteiger partial charge is 0.442 e. The van der Waals surface area contributed by atoms with Crippen molar-refractivity contribution in [2.75, 3.05) is 25.6 Å². The van der Waals surface area contributed by atoms with Gasteiger partial charge in [0.05, 0.1) is 5.39 Å². The summed E-state index contributed by atoms with van der Waals surface area (Å²) in [6.45, 7) is 7.95. The highest BCUT2D eigenvalue weighted by Gasteiger charge is 2.17. The number of hydrogen-bond acceptors (Lipinski definition) is 5. The van der Waals surface area contributed by atoms with E-state index in [1.807, 2.05) is 46.0 Å². The number of rotatable bonds is 2. The van der Waals surface area contributed by atoms with Crippen molar-refractivity contribution >= 4 is 16.9 Å². The first kappa shape index (κ1) is 18.9. The van der Waals surface area contributed by atoms with Gasteiger partial charge in [-0.05, 0) is 25.3 Å². The molecule has 0 radical (unpaired) electrons. The summed E-state index contributed by atoms with van der Waals surface area (Å²) in [4.78, 5) is 8.42. The summed E-state index contributed by atoms with van der Waals surface area (Å²) >= 11 is 0. The van der Waals surface area contributed by atoms with Crippen LogP contribution in [0.25, 0.3) is 22.2 Å². The molecular weight excluding hydrogens is 314 g/mol. The Morgan fingerprint density at radius 2 is 1.68 bits per heavy atom. The number of anilines is 1. The van der Waals surface area contributed by atoms with Gasteiger partial charge in [-0.2, -0.15) is 0 Å². The normalized spacial score (nSPS) is 12.8. The fourth-order valence-corrected chi connectivity index (χ4v) is 2.70.